The Morgan fingerprint density at radius 2 is 1.63 bits per heavy atom. The summed E-state index contributed by atoms with van der Waals surface area (Å²) in [5.41, 5.74) is 6.44. The summed E-state index contributed by atoms with van der Waals surface area (Å²) in [4.78, 5) is 0. The van der Waals surface area contributed by atoms with Gasteiger partial charge in [0.1, 0.15) is 0 Å². The van der Waals surface area contributed by atoms with Gasteiger partial charge in [-0.2, -0.15) is 0 Å². The predicted octanol–water partition coefficient (Wildman–Crippen LogP) is 2.92. The van der Waals surface area contributed by atoms with Gasteiger partial charge in [-0.3, -0.25) is 0 Å². The molecule has 0 heterocycles. The molecule has 3 heteroatoms. The first kappa shape index (κ1) is 18.9. The molecule has 0 fully saturated rings. The van der Waals surface area contributed by atoms with E-state index in [9.17, 15) is 5.11 Å². The quantitative estimate of drug-likeness (QED) is 0.605. The Labute approximate surface area is 120 Å². The normalized spacial score (nSPS) is 18.2. The first-order chi connectivity index (χ1) is 8.53. The van der Waals surface area contributed by atoms with E-state index >= 15 is 0 Å². The van der Waals surface area contributed by atoms with Crippen molar-refractivity contribution in [1.29, 1.82) is 0 Å². The predicted molar refractivity (Wildman–Crippen MR) is 84.2 cm³/mol. The van der Waals surface area contributed by atoms with Gasteiger partial charge in [0.25, 0.3) is 0 Å². The van der Waals surface area contributed by atoms with Crippen LogP contribution in [0, 0.1) is 10.8 Å². The maximum absolute atomic E-state index is 9.78. The zero-order valence-electron chi connectivity index (χ0n) is 14.1. The topological polar surface area (TPSA) is 58.3 Å². The number of rotatable bonds is 9. The summed E-state index contributed by atoms with van der Waals surface area (Å²) in [5.74, 6) is 0. The Bertz CT molecular complexity index is 247. The average molecular weight is 272 g/mol. The number of aliphatic hydroxyl groups excluding tert-OH is 1. The van der Waals surface area contributed by atoms with Crippen molar-refractivity contribution in [3.05, 3.63) is 0 Å². The molecule has 0 spiro atoms. The zero-order chi connectivity index (χ0) is 15.3. The van der Waals surface area contributed by atoms with Crippen molar-refractivity contribution in [3.63, 3.8) is 0 Å². The lowest BCUT2D eigenvalue weighted by Gasteiger charge is -2.42. The van der Waals surface area contributed by atoms with E-state index in [0.717, 1.165) is 19.4 Å². The van der Waals surface area contributed by atoms with Crippen LogP contribution in [0.1, 0.15) is 67.7 Å². The summed E-state index contributed by atoms with van der Waals surface area (Å²) in [7, 11) is 0. The molecule has 0 aliphatic heterocycles. The molecule has 4 N–H and O–H groups in total. The van der Waals surface area contributed by atoms with E-state index in [4.69, 9.17) is 5.73 Å². The van der Waals surface area contributed by atoms with E-state index in [1.165, 1.54) is 6.42 Å². The van der Waals surface area contributed by atoms with Crippen molar-refractivity contribution in [2.75, 3.05) is 6.54 Å². The third-order valence-corrected chi connectivity index (χ3v) is 5.08. The van der Waals surface area contributed by atoms with Crippen LogP contribution in [-0.2, 0) is 0 Å². The summed E-state index contributed by atoms with van der Waals surface area (Å²) in [6, 6.07) is 0.215. The molecular formula is C16H36N2O. The molecule has 0 saturated carbocycles. The second-order valence-corrected chi connectivity index (χ2v) is 7.39. The molecule has 0 rings (SSSR count). The van der Waals surface area contributed by atoms with Crippen molar-refractivity contribution < 1.29 is 5.11 Å². The minimum atomic E-state index is -0.353. The molecule has 0 aliphatic carbocycles. The van der Waals surface area contributed by atoms with Crippen molar-refractivity contribution in [2.24, 2.45) is 16.6 Å². The second-order valence-electron chi connectivity index (χ2n) is 7.39. The summed E-state index contributed by atoms with van der Waals surface area (Å²) >= 11 is 0. The Morgan fingerprint density at radius 1 is 1.11 bits per heavy atom. The van der Waals surface area contributed by atoms with E-state index in [-0.39, 0.29) is 23.6 Å². The zero-order valence-corrected chi connectivity index (χ0v) is 14.1. The van der Waals surface area contributed by atoms with Gasteiger partial charge in [0, 0.05) is 12.1 Å². The van der Waals surface area contributed by atoms with Gasteiger partial charge in [0.05, 0.1) is 6.10 Å². The van der Waals surface area contributed by atoms with Crippen LogP contribution in [0.15, 0.2) is 0 Å². The maximum Gasteiger partial charge on any atom is 0.0665 e. The van der Waals surface area contributed by atoms with Gasteiger partial charge in [-0.25, -0.2) is 0 Å². The maximum atomic E-state index is 9.78. The number of aliphatic hydroxyl groups is 1. The van der Waals surface area contributed by atoms with Crippen molar-refractivity contribution in [2.45, 2.75) is 85.9 Å². The van der Waals surface area contributed by atoms with Gasteiger partial charge in [-0.1, -0.05) is 41.0 Å². The molecule has 3 unspecified atom stereocenters. The van der Waals surface area contributed by atoms with Gasteiger partial charge >= 0.3 is 0 Å². The lowest BCUT2D eigenvalue weighted by Crippen LogP contribution is -2.44. The lowest BCUT2D eigenvalue weighted by atomic mass is 9.65. The minimum Gasteiger partial charge on any atom is -0.392 e. The average Bonchev–Trinajstić information content (AvgIpc) is 2.26. The molecule has 0 saturated heterocycles. The van der Waals surface area contributed by atoms with Gasteiger partial charge < -0.3 is 16.2 Å². The molecule has 3 atom stereocenters. The Kier molecular flexibility index (Phi) is 7.56. The first-order valence-corrected chi connectivity index (χ1v) is 7.70. The van der Waals surface area contributed by atoms with Gasteiger partial charge in [0.2, 0.25) is 0 Å². The van der Waals surface area contributed by atoms with Crippen molar-refractivity contribution in [1.82, 2.24) is 5.32 Å². The van der Waals surface area contributed by atoms with Gasteiger partial charge in [-0.05, 0) is 44.1 Å². The monoisotopic (exact) mass is 272 g/mol. The van der Waals surface area contributed by atoms with E-state index < -0.39 is 0 Å². The fourth-order valence-electron chi connectivity index (χ4n) is 2.24. The Balaban J connectivity index is 4.33. The molecule has 116 valence electrons. The number of hydrogen-bond donors (Lipinski definition) is 3. The molecule has 0 radical (unpaired) electrons. The van der Waals surface area contributed by atoms with E-state index in [1.54, 1.807) is 0 Å². The summed E-state index contributed by atoms with van der Waals surface area (Å²) < 4.78 is 0. The molecule has 0 bridgehead atoms. The number of nitrogens with one attached hydrogen (secondary N) is 1. The van der Waals surface area contributed by atoms with Gasteiger partial charge in [-0.15, -0.1) is 0 Å². The van der Waals surface area contributed by atoms with Crippen LogP contribution in [0.4, 0.5) is 0 Å². The molecule has 0 amide bonds. The van der Waals surface area contributed by atoms with Gasteiger partial charge in [0.15, 0.2) is 0 Å². The molecule has 0 aromatic carbocycles. The van der Waals surface area contributed by atoms with Crippen LogP contribution >= 0.6 is 0 Å². The largest absolute Gasteiger partial charge is 0.392 e. The summed E-state index contributed by atoms with van der Waals surface area (Å²) in [5, 5.41) is 13.3. The second kappa shape index (κ2) is 7.61. The molecule has 0 aromatic rings. The smallest absolute Gasteiger partial charge is 0.0665 e. The van der Waals surface area contributed by atoms with Crippen LogP contribution < -0.4 is 11.1 Å². The molecule has 0 aromatic heterocycles. The van der Waals surface area contributed by atoms with E-state index in [2.05, 4.69) is 39.9 Å². The third-order valence-electron chi connectivity index (χ3n) is 5.08. The standard InChI is InChI=1S/C16H36N2O/c1-8-15(4,5)16(6,7)9-10-18-14(13(3)19)11-12(2)17/h12-14,18-19H,8-11,17H2,1-7H3. The van der Waals surface area contributed by atoms with Crippen LogP contribution in [-0.4, -0.2) is 29.8 Å². The first-order valence-electron chi connectivity index (χ1n) is 7.70. The molecule has 0 aliphatic rings. The van der Waals surface area contributed by atoms with Crippen LogP contribution in [0.2, 0.25) is 0 Å². The highest BCUT2D eigenvalue weighted by molar-refractivity contribution is 4.86. The van der Waals surface area contributed by atoms with Crippen LogP contribution in [0.5, 0.6) is 0 Å². The van der Waals surface area contributed by atoms with E-state index in [1.807, 2.05) is 13.8 Å². The minimum absolute atomic E-state index is 0.0977. The SMILES string of the molecule is CCC(C)(C)C(C)(C)CCNC(CC(C)N)C(C)O. The highest BCUT2D eigenvalue weighted by Crippen LogP contribution is 2.43. The number of hydrogen-bond acceptors (Lipinski definition) is 3. The van der Waals surface area contributed by atoms with Crippen molar-refractivity contribution >= 4 is 0 Å². The van der Waals surface area contributed by atoms with Crippen LogP contribution in [0.3, 0.4) is 0 Å². The Morgan fingerprint density at radius 3 is 2.00 bits per heavy atom. The summed E-state index contributed by atoms with van der Waals surface area (Å²) in [6.45, 7) is 16.3. The number of nitrogens with two attached hydrogens (primary N) is 1. The van der Waals surface area contributed by atoms with E-state index in [0.29, 0.717) is 5.41 Å². The molecule has 3 nitrogen and oxygen atoms in total. The highest BCUT2D eigenvalue weighted by atomic mass is 16.3. The molecule has 19 heavy (non-hydrogen) atoms. The third kappa shape index (κ3) is 6.24. The fourth-order valence-corrected chi connectivity index (χ4v) is 2.24. The highest BCUT2D eigenvalue weighted by Gasteiger charge is 2.34. The summed E-state index contributed by atoms with van der Waals surface area (Å²) in [6.07, 6.45) is 2.75. The van der Waals surface area contributed by atoms with Crippen LogP contribution in [0.25, 0.3) is 0 Å². The fraction of sp³-hybridized carbons (Fsp3) is 1.00. The molecular weight excluding hydrogens is 236 g/mol. The Hall–Kier alpha value is -0.120. The lowest BCUT2D eigenvalue weighted by molar-refractivity contribution is 0.0858. The van der Waals surface area contributed by atoms with Crippen molar-refractivity contribution in [3.8, 4) is 0 Å².